The molecule has 1 fully saturated rings. The summed E-state index contributed by atoms with van der Waals surface area (Å²) < 4.78 is 0. The van der Waals surface area contributed by atoms with E-state index in [0.29, 0.717) is 0 Å². The van der Waals surface area contributed by atoms with Gasteiger partial charge in [0, 0.05) is 0 Å². The Balaban J connectivity index is 1.68. The Labute approximate surface area is 105 Å². The smallest absolute Gasteiger partial charge is 0.000777 e. The standard InChI is InChI=1S/C15H24N2/c1-12-3-4-14(9-13(12)2)5-7-16-10-15-6-8-17-11-15/h3-4,9,15-17H,5-8,10-11H2,1-2H3. The van der Waals surface area contributed by atoms with E-state index in [2.05, 4.69) is 42.7 Å². The van der Waals surface area contributed by atoms with Crippen LogP contribution < -0.4 is 10.6 Å². The van der Waals surface area contributed by atoms with E-state index in [4.69, 9.17) is 0 Å². The minimum Gasteiger partial charge on any atom is -0.316 e. The molecule has 0 amide bonds. The van der Waals surface area contributed by atoms with Crippen molar-refractivity contribution in [3.63, 3.8) is 0 Å². The van der Waals surface area contributed by atoms with Gasteiger partial charge in [-0.05, 0) is 75.5 Å². The van der Waals surface area contributed by atoms with Gasteiger partial charge >= 0.3 is 0 Å². The van der Waals surface area contributed by atoms with Gasteiger partial charge < -0.3 is 10.6 Å². The zero-order valence-electron chi connectivity index (χ0n) is 11.1. The van der Waals surface area contributed by atoms with Crippen molar-refractivity contribution in [2.75, 3.05) is 26.2 Å². The van der Waals surface area contributed by atoms with Crippen molar-refractivity contribution in [1.82, 2.24) is 10.6 Å². The first-order chi connectivity index (χ1) is 8.25. The third-order valence-electron chi connectivity index (χ3n) is 3.76. The van der Waals surface area contributed by atoms with Crippen LogP contribution in [0.4, 0.5) is 0 Å². The largest absolute Gasteiger partial charge is 0.316 e. The fourth-order valence-electron chi connectivity index (χ4n) is 2.39. The molecule has 0 saturated carbocycles. The van der Waals surface area contributed by atoms with Crippen LogP contribution in [-0.2, 0) is 6.42 Å². The van der Waals surface area contributed by atoms with Crippen LogP contribution in [0.5, 0.6) is 0 Å². The van der Waals surface area contributed by atoms with Crippen molar-refractivity contribution in [1.29, 1.82) is 0 Å². The number of aryl methyl sites for hydroxylation is 2. The second-order valence-electron chi connectivity index (χ2n) is 5.23. The van der Waals surface area contributed by atoms with Crippen LogP contribution in [0.2, 0.25) is 0 Å². The summed E-state index contributed by atoms with van der Waals surface area (Å²) in [5.74, 6) is 0.842. The van der Waals surface area contributed by atoms with Gasteiger partial charge in [-0.3, -0.25) is 0 Å². The Hall–Kier alpha value is -0.860. The minimum absolute atomic E-state index is 0.842. The predicted octanol–water partition coefficient (Wildman–Crippen LogP) is 2.05. The number of nitrogens with one attached hydrogen (secondary N) is 2. The van der Waals surface area contributed by atoms with E-state index >= 15 is 0 Å². The Bertz CT molecular complexity index is 354. The molecule has 0 spiro atoms. The lowest BCUT2D eigenvalue weighted by atomic mass is 10.0. The molecule has 2 nitrogen and oxygen atoms in total. The molecule has 2 heteroatoms. The van der Waals surface area contributed by atoms with E-state index in [0.717, 1.165) is 25.4 Å². The Kier molecular flexibility index (Phi) is 4.57. The topological polar surface area (TPSA) is 24.1 Å². The summed E-state index contributed by atoms with van der Waals surface area (Å²) in [6, 6.07) is 6.79. The second kappa shape index (κ2) is 6.18. The molecule has 1 aliphatic rings. The van der Waals surface area contributed by atoms with Crippen LogP contribution >= 0.6 is 0 Å². The van der Waals surface area contributed by atoms with Crippen molar-refractivity contribution in [3.05, 3.63) is 34.9 Å². The van der Waals surface area contributed by atoms with E-state index in [-0.39, 0.29) is 0 Å². The van der Waals surface area contributed by atoms with Gasteiger partial charge in [0.05, 0.1) is 0 Å². The van der Waals surface area contributed by atoms with Gasteiger partial charge in [-0.15, -0.1) is 0 Å². The molecule has 0 bridgehead atoms. The summed E-state index contributed by atoms with van der Waals surface area (Å²) >= 11 is 0. The lowest BCUT2D eigenvalue weighted by molar-refractivity contribution is 0.515. The highest BCUT2D eigenvalue weighted by atomic mass is 14.9. The van der Waals surface area contributed by atoms with Crippen molar-refractivity contribution in [2.45, 2.75) is 26.7 Å². The maximum absolute atomic E-state index is 3.57. The molecule has 17 heavy (non-hydrogen) atoms. The van der Waals surface area contributed by atoms with Crippen LogP contribution in [-0.4, -0.2) is 26.2 Å². The summed E-state index contributed by atoms with van der Waals surface area (Å²) in [4.78, 5) is 0. The molecular formula is C15H24N2. The highest BCUT2D eigenvalue weighted by Crippen LogP contribution is 2.10. The molecule has 0 aliphatic carbocycles. The molecule has 0 radical (unpaired) electrons. The fraction of sp³-hybridized carbons (Fsp3) is 0.600. The van der Waals surface area contributed by atoms with E-state index in [1.165, 1.54) is 36.2 Å². The first-order valence-corrected chi connectivity index (χ1v) is 6.73. The molecular weight excluding hydrogens is 208 g/mol. The van der Waals surface area contributed by atoms with Crippen LogP contribution in [0.15, 0.2) is 18.2 Å². The molecule has 2 rings (SSSR count). The van der Waals surface area contributed by atoms with Crippen molar-refractivity contribution < 1.29 is 0 Å². The van der Waals surface area contributed by atoms with Crippen molar-refractivity contribution in [2.24, 2.45) is 5.92 Å². The van der Waals surface area contributed by atoms with Crippen LogP contribution in [0.1, 0.15) is 23.1 Å². The number of hydrogen-bond acceptors (Lipinski definition) is 2. The summed E-state index contributed by atoms with van der Waals surface area (Å²) in [5.41, 5.74) is 4.24. The second-order valence-corrected chi connectivity index (χ2v) is 5.23. The number of rotatable bonds is 5. The predicted molar refractivity (Wildman–Crippen MR) is 73.5 cm³/mol. The summed E-state index contributed by atoms with van der Waals surface area (Å²) in [5, 5.41) is 6.97. The average Bonchev–Trinajstić information content (AvgIpc) is 2.82. The van der Waals surface area contributed by atoms with E-state index in [1.807, 2.05) is 0 Å². The molecule has 2 N–H and O–H groups in total. The molecule has 1 unspecified atom stereocenters. The van der Waals surface area contributed by atoms with Gasteiger partial charge in [-0.1, -0.05) is 18.2 Å². The maximum Gasteiger partial charge on any atom is -0.000777 e. The van der Waals surface area contributed by atoms with Gasteiger partial charge in [-0.2, -0.15) is 0 Å². The normalized spacial score (nSPS) is 19.8. The molecule has 94 valence electrons. The Morgan fingerprint density at radius 3 is 2.88 bits per heavy atom. The lowest BCUT2D eigenvalue weighted by Crippen LogP contribution is -2.26. The fourth-order valence-corrected chi connectivity index (χ4v) is 2.39. The zero-order chi connectivity index (χ0) is 12.1. The van der Waals surface area contributed by atoms with Gasteiger partial charge in [0.1, 0.15) is 0 Å². The van der Waals surface area contributed by atoms with Crippen LogP contribution in [0.25, 0.3) is 0 Å². The van der Waals surface area contributed by atoms with Crippen LogP contribution in [0.3, 0.4) is 0 Å². The Morgan fingerprint density at radius 1 is 1.29 bits per heavy atom. The van der Waals surface area contributed by atoms with Crippen molar-refractivity contribution in [3.8, 4) is 0 Å². The van der Waals surface area contributed by atoms with E-state index < -0.39 is 0 Å². The lowest BCUT2D eigenvalue weighted by Gasteiger charge is -2.10. The number of hydrogen-bond donors (Lipinski definition) is 2. The maximum atomic E-state index is 3.57. The van der Waals surface area contributed by atoms with E-state index in [1.54, 1.807) is 0 Å². The van der Waals surface area contributed by atoms with Gasteiger partial charge in [0.2, 0.25) is 0 Å². The SMILES string of the molecule is Cc1ccc(CCNCC2CCNC2)cc1C. The van der Waals surface area contributed by atoms with E-state index in [9.17, 15) is 0 Å². The van der Waals surface area contributed by atoms with Crippen LogP contribution in [0, 0.1) is 19.8 Å². The van der Waals surface area contributed by atoms with Gasteiger partial charge in [0.25, 0.3) is 0 Å². The zero-order valence-corrected chi connectivity index (χ0v) is 11.1. The first kappa shape index (κ1) is 12.6. The summed E-state index contributed by atoms with van der Waals surface area (Å²) in [6.07, 6.45) is 2.47. The third kappa shape index (κ3) is 3.83. The number of benzene rings is 1. The molecule has 1 heterocycles. The molecule has 1 aliphatic heterocycles. The first-order valence-electron chi connectivity index (χ1n) is 6.73. The van der Waals surface area contributed by atoms with Gasteiger partial charge in [-0.25, -0.2) is 0 Å². The Morgan fingerprint density at radius 2 is 2.18 bits per heavy atom. The highest BCUT2D eigenvalue weighted by Gasteiger charge is 2.12. The summed E-state index contributed by atoms with van der Waals surface area (Å²) in [6.45, 7) is 9.01. The molecule has 0 aromatic heterocycles. The molecule has 1 saturated heterocycles. The molecule has 1 aromatic rings. The van der Waals surface area contributed by atoms with Crippen molar-refractivity contribution >= 4 is 0 Å². The minimum atomic E-state index is 0.842. The molecule has 1 aromatic carbocycles. The monoisotopic (exact) mass is 232 g/mol. The molecule has 1 atom stereocenters. The third-order valence-corrected chi connectivity index (χ3v) is 3.76. The summed E-state index contributed by atoms with van der Waals surface area (Å²) in [7, 11) is 0. The highest BCUT2D eigenvalue weighted by molar-refractivity contribution is 5.29. The average molecular weight is 232 g/mol. The van der Waals surface area contributed by atoms with Gasteiger partial charge in [0.15, 0.2) is 0 Å². The quantitative estimate of drug-likeness (QED) is 0.759.